The first-order valence-corrected chi connectivity index (χ1v) is 4.68. The van der Waals surface area contributed by atoms with Crippen molar-refractivity contribution in [2.24, 2.45) is 0 Å². The molecule has 0 bridgehead atoms. The third-order valence-electron chi connectivity index (χ3n) is 2.70. The average molecular weight is 241 g/mol. The van der Waals surface area contributed by atoms with E-state index in [0.717, 1.165) is 0 Å². The SMILES string of the molecule is OC1CCCc2c1c(C(F)(F)F)c(F)n2F. The van der Waals surface area contributed by atoms with E-state index in [1.54, 1.807) is 0 Å². The molecule has 1 aliphatic carbocycles. The highest BCUT2D eigenvalue weighted by atomic mass is 19.4. The first kappa shape index (κ1) is 11.4. The van der Waals surface area contributed by atoms with E-state index in [0.29, 0.717) is 6.42 Å². The zero-order chi connectivity index (χ0) is 12.1. The van der Waals surface area contributed by atoms with Gasteiger partial charge in [0.15, 0.2) is 0 Å². The molecule has 1 N–H and O–H groups in total. The van der Waals surface area contributed by atoms with Gasteiger partial charge in [-0.15, -0.1) is 0 Å². The molecule has 16 heavy (non-hydrogen) atoms. The van der Waals surface area contributed by atoms with E-state index in [-0.39, 0.29) is 12.8 Å². The summed E-state index contributed by atoms with van der Waals surface area (Å²) < 4.78 is 63.7. The van der Waals surface area contributed by atoms with Crippen molar-refractivity contribution in [3.63, 3.8) is 0 Å². The Kier molecular flexibility index (Phi) is 2.45. The molecule has 2 nitrogen and oxygen atoms in total. The lowest BCUT2D eigenvalue weighted by atomic mass is 9.92. The smallest absolute Gasteiger partial charge is 0.388 e. The first-order chi connectivity index (χ1) is 7.34. The van der Waals surface area contributed by atoms with Crippen LogP contribution in [0.3, 0.4) is 0 Å². The number of alkyl halides is 3. The fourth-order valence-electron chi connectivity index (χ4n) is 2.05. The van der Waals surface area contributed by atoms with Gasteiger partial charge in [0.25, 0.3) is 0 Å². The van der Waals surface area contributed by atoms with Crippen LogP contribution in [-0.4, -0.2) is 9.90 Å². The van der Waals surface area contributed by atoms with Gasteiger partial charge in [-0.25, -0.2) is 0 Å². The Bertz CT molecular complexity index is 423. The Morgan fingerprint density at radius 2 is 1.94 bits per heavy atom. The highest BCUT2D eigenvalue weighted by Crippen LogP contribution is 2.43. The second kappa shape index (κ2) is 3.44. The molecule has 0 fully saturated rings. The normalized spacial score (nSPS) is 21.0. The van der Waals surface area contributed by atoms with Crippen LogP contribution < -0.4 is 0 Å². The maximum atomic E-state index is 13.1. The number of aliphatic hydroxyl groups excluding tert-OH is 1. The average Bonchev–Trinajstić information content (AvgIpc) is 2.42. The van der Waals surface area contributed by atoms with Crippen LogP contribution in [0.5, 0.6) is 0 Å². The Labute approximate surface area is 87.2 Å². The summed E-state index contributed by atoms with van der Waals surface area (Å²) >= 11 is 0. The number of rotatable bonds is 0. The van der Waals surface area contributed by atoms with Crippen molar-refractivity contribution in [3.8, 4) is 0 Å². The number of nitrogens with zero attached hydrogens (tertiary/aromatic N) is 1. The number of hydrogen-bond acceptors (Lipinski definition) is 1. The minimum absolute atomic E-state index is 0.00407. The van der Waals surface area contributed by atoms with Crippen molar-refractivity contribution in [3.05, 3.63) is 22.8 Å². The van der Waals surface area contributed by atoms with E-state index in [4.69, 9.17) is 0 Å². The molecule has 1 aromatic rings. The van der Waals surface area contributed by atoms with Gasteiger partial charge in [-0.2, -0.15) is 22.4 Å². The fourth-order valence-corrected chi connectivity index (χ4v) is 2.05. The lowest BCUT2D eigenvalue weighted by molar-refractivity contribution is -0.142. The van der Waals surface area contributed by atoms with Crippen LogP contribution in [0, 0.1) is 5.95 Å². The van der Waals surface area contributed by atoms with Crippen molar-refractivity contribution in [2.75, 3.05) is 0 Å². The van der Waals surface area contributed by atoms with Gasteiger partial charge in [0.05, 0.1) is 11.8 Å². The number of aliphatic hydroxyl groups is 1. The van der Waals surface area contributed by atoms with Crippen LogP contribution in [0.2, 0.25) is 0 Å². The molecule has 0 amide bonds. The van der Waals surface area contributed by atoms with E-state index in [9.17, 15) is 27.1 Å². The van der Waals surface area contributed by atoms with Crippen molar-refractivity contribution in [1.82, 2.24) is 4.79 Å². The molecule has 1 unspecified atom stereocenters. The Balaban J connectivity index is 2.69. The molecular formula is C9H8F5NO. The third kappa shape index (κ3) is 1.50. The van der Waals surface area contributed by atoms with Crippen LogP contribution in [-0.2, 0) is 12.6 Å². The molecule has 0 saturated carbocycles. The van der Waals surface area contributed by atoms with Crippen LogP contribution in [0.25, 0.3) is 0 Å². The van der Waals surface area contributed by atoms with Crippen LogP contribution in [0.4, 0.5) is 22.0 Å². The molecule has 0 aliphatic heterocycles. The Hall–Kier alpha value is -1.11. The number of aromatic nitrogens is 1. The van der Waals surface area contributed by atoms with E-state index < -0.39 is 39.8 Å². The Morgan fingerprint density at radius 3 is 2.50 bits per heavy atom. The monoisotopic (exact) mass is 241 g/mol. The molecule has 0 spiro atoms. The van der Waals surface area contributed by atoms with Gasteiger partial charge in [-0.3, -0.25) is 0 Å². The van der Waals surface area contributed by atoms with Gasteiger partial charge < -0.3 is 5.11 Å². The minimum atomic E-state index is -5.00. The predicted octanol–water partition coefficient (Wildman–Crippen LogP) is 2.75. The molecule has 7 heteroatoms. The minimum Gasteiger partial charge on any atom is -0.388 e. The fraction of sp³-hybridized carbons (Fsp3) is 0.556. The standard InChI is InChI=1S/C9H8F5NO/c10-8-7(9(11,12)13)6-4(15(8)14)2-1-3-5(6)16/h5,16H,1-3H2. The van der Waals surface area contributed by atoms with E-state index in [1.807, 2.05) is 0 Å². The summed E-state index contributed by atoms with van der Waals surface area (Å²) in [6.45, 7) is 0. The second-order valence-corrected chi connectivity index (χ2v) is 3.71. The maximum absolute atomic E-state index is 13.1. The number of halogens is 5. The lowest BCUT2D eigenvalue weighted by Crippen LogP contribution is -2.15. The lowest BCUT2D eigenvalue weighted by Gasteiger charge is -2.19. The maximum Gasteiger partial charge on any atom is 0.421 e. The summed E-state index contributed by atoms with van der Waals surface area (Å²) in [6, 6.07) is 0. The highest BCUT2D eigenvalue weighted by Gasteiger charge is 2.44. The van der Waals surface area contributed by atoms with Crippen molar-refractivity contribution >= 4 is 0 Å². The van der Waals surface area contributed by atoms with Gasteiger partial charge in [0, 0.05) is 5.56 Å². The van der Waals surface area contributed by atoms with Crippen molar-refractivity contribution in [1.29, 1.82) is 0 Å². The number of fused-ring (bicyclic) bond motifs is 1. The summed E-state index contributed by atoms with van der Waals surface area (Å²) in [4.78, 5) is -0.611. The molecule has 1 aromatic heterocycles. The summed E-state index contributed by atoms with van der Waals surface area (Å²) in [7, 11) is 0. The van der Waals surface area contributed by atoms with Crippen molar-refractivity contribution < 1.29 is 27.1 Å². The first-order valence-electron chi connectivity index (χ1n) is 4.68. The topological polar surface area (TPSA) is 25.2 Å². The molecule has 0 saturated heterocycles. The van der Waals surface area contributed by atoms with Crippen LogP contribution in [0.15, 0.2) is 0 Å². The molecule has 90 valence electrons. The van der Waals surface area contributed by atoms with Crippen molar-refractivity contribution in [2.45, 2.75) is 31.5 Å². The van der Waals surface area contributed by atoms with Crippen LogP contribution >= 0.6 is 0 Å². The van der Waals surface area contributed by atoms with Crippen LogP contribution in [0.1, 0.15) is 35.8 Å². The molecule has 1 atom stereocenters. The molecule has 0 radical (unpaired) electrons. The molecule has 2 rings (SSSR count). The van der Waals surface area contributed by atoms with E-state index >= 15 is 0 Å². The van der Waals surface area contributed by atoms with Gasteiger partial charge in [-0.05, 0) is 19.3 Å². The zero-order valence-electron chi connectivity index (χ0n) is 7.98. The third-order valence-corrected chi connectivity index (χ3v) is 2.70. The largest absolute Gasteiger partial charge is 0.421 e. The molecule has 0 aromatic carbocycles. The molecule has 1 aliphatic rings. The van der Waals surface area contributed by atoms with Gasteiger partial charge >= 0.3 is 6.18 Å². The zero-order valence-corrected chi connectivity index (χ0v) is 7.98. The highest BCUT2D eigenvalue weighted by molar-refractivity contribution is 5.38. The summed E-state index contributed by atoms with van der Waals surface area (Å²) in [6.07, 6.45) is -6.04. The summed E-state index contributed by atoms with van der Waals surface area (Å²) in [5, 5.41) is 9.40. The quantitative estimate of drug-likeness (QED) is 0.694. The molecule has 1 heterocycles. The van der Waals surface area contributed by atoms with Gasteiger partial charge in [0.1, 0.15) is 5.56 Å². The second-order valence-electron chi connectivity index (χ2n) is 3.71. The van der Waals surface area contributed by atoms with Gasteiger partial charge in [-0.1, -0.05) is 4.48 Å². The van der Waals surface area contributed by atoms with E-state index in [1.165, 1.54) is 0 Å². The van der Waals surface area contributed by atoms with E-state index in [2.05, 4.69) is 0 Å². The number of hydrogen-bond donors (Lipinski definition) is 1. The Morgan fingerprint density at radius 1 is 1.31 bits per heavy atom. The molecular weight excluding hydrogens is 233 g/mol. The summed E-state index contributed by atoms with van der Waals surface area (Å²) in [5.74, 6) is -1.97. The predicted molar refractivity (Wildman–Crippen MR) is 43.8 cm³/mol. The summed E-state index contributed by atoms with van der Waals surface area (Å²) in [5.41, 5.74) is -2.75. The van der Waals surface area contributed by atoms with Gasteiger partial charge in [0.2, 0.25) is 5.95 Å².